The van der Waals surface area contributed by atoms with Gasteiger partial charge >= 0.3 is 0 Å². The van der Waals surface area contributed by atoms with E-state index in [1.54, 1.807) is 29.2 Å². The fourth-order valence-corrected chi connectivity index (χ4v) is 3.09. The molecule has 6 heteroatoms. The third-order valence-electron chi connectivity index (χ3n) is 3.77. The lowest BCUT2D eigenvalue weighted by atomic mass is 10.1. The summed E-state index contributed by atoms with van der Waals surface area (Å²) in [5.41, 5.74) is 1.97. The summed E-state index contributed by atoms with van der Waals surface area (Å²) in [7, 11) is -3.28. The molecule has 0 fully saturated rings. The van der Waals surface area contributed by atoms with Crippen molar-refractivity contribution in [1.82, 2.24) is 4.90 Å². The smallest absolute Gasteiger partial charge is 0.254 e. The van der Waals surface area contributed by atoms with Gasteiger partial charge in [0, 0.05) is 24.9 Å². The molecule has 0 aliphatic heterocycles. The average Bonchev–Trinajstić information content (AvgIpc) is 2.61. The van der Waals surface area contributed by atoms with Crippen LogP contribution in [0.1, 0.15) is 34.8 Å². The predicted octanol–water partition coefficient (Wildman–Crippen LogP) is 3.01. The van der Waals surface area contributed by atoms with Crippen molar-refractivity contribution in [2.45, 2.75) is 24.8 Å². The number of benzene rings is 2. The Kier molecular flexibility index (Phi) is 5.94. The first kappa shape index (κ1) is 18.7. The van der Waals surface area contributed by atoms with Gasteiger partial charge in [-0.1, -0.05) is 19.1 Å². The first-order valence-corrected chi connectivity index (χ1v) is 9.82. The van der Waals surface area contributed by atoms with E-state index in [9.17, 15) is 13.2 Å². The number of sulfone groups is 1. The molecule has 0 saturated carbocycles. The van der Waals surface area contributed by atoms with Gasteiger partial charge in [0.1, 0.15) is 0 Å². The highest BCUT2D eigenvalue weighted by molar-refractivity contribution is 7.90. The van der Waals surface area contributed by atoms with Gasteiger partial charge in [-0.05, 0) is 48.4 Å². The second-order valence-corrected chi connectivity index (χ2v) is 7.85. The molecule has 0 aliphatic carbocycles. The van der Waals surface area contributed by atoms with Crippen molar-refractivity contribution in [3.8, 4) is 6.07 Å². The Morgan fingerprint density at radius 3 is 2.16 bits per heavy atom. The van der Waals surface area contributed by atoms with Crippen molar-refractivity contribution in [3.63, 3.8) is 0 Å². The van der Waals surface area contributed by atoms with Crippen LogP contribution in [0.15, 0.2) is 53.4 Å². The second-order valence-electron chi connectivity index (χ2n) is 5.83. The summed E-state index contributed by atoms with van der Waals surface area (Å²) in [4.78, 5) is 14.7. The lowest BCUT2D eigenvalue weighted by Gasteiger charge is -2.22. The Morgan fingerprint density at radius 1 is 1.08 bits per heavy atom. The third kappa shape index (κ3) is 4.91. The van der Waals surface area contributed by atoms with Crippen LogP contribution in [0.25, 0.3) is 0 Å². The zero-order chi connectivity index (χ0) is 18.4. The first-order valence-electron chi connectivity index (χ1n) is 7.93. The maximum atomic E-state index is 12.7. The van der Waals surface area contributed by atoms with E-state index in [0.717, 1.165) is 18.2 Å². The van der Waals surface area contributed by atoms with Crippen LogP contribution in [0.4, 0.5) is 0 Å². The Balaban J connectivity index is 2.20. The maximum Gasteiger partial charge on any atom is 0.254 e. The standard InChI is InChI=1S/C19H20N2O3S/c1-3-12-21(14-16-6-4-15(13-20)5-7-16)19(22)17-8-10-18(11-9-17)25(2,23)24/h4-11H,3,12,14H2,1-2H3. The van der Waals surface area contributed by atoms with Gasteiger partial charge in [0.05, 0.1) is 16.5 Å². The lowest BCUT2D eigenvalue weighted by Crippen LogP contribution is -2.31. The quantitative estimate of drug-likeness (QED) is 0.797. The monoisotopic (exact) mass is 356 g/mol. The number of hydrogen-bond donors (Lipinski definition) is 0. The summed E-state index contributed by atoms with van der Waals surface area (Å²) in [6.07, 6.45) is 1.95. The molecule has 0 unspecified atom stereocenters. The molecule has 0 spiro atoms. The summed E-state index contributed by atoms with van der Waals surface area (Å²) in [6, 6.07) is 15.2. The summed E-state index contributed by atoms with van der Waals surface area (Å²) < 4.78 is 23.1. The van der Waals surface area contributed by atoms with Gasteiger partial charge in [-0.25, -0.2) is 8.42 Å². The minimum Gasteiger partial charge on any atom is -0.334 e. The van der Waals surface area contributed by atoms with Gasteiger partial charge in [-0.3, -0.25) is 4.79 Å². The molecule has 2 rings (SSSR count). The van der Waals surface area contributed by atoms with E-state index in [1.807, 2.05) is 19.1 Å². The Labute approximate surface area is 148 Å². The van der Waals surface area contributed by atoms with Crippen LogP contribution >= 0.6 is 0 Å². The van der Waals surface area contributed by atoms with E-state index in [2.05, 4.69) is 6.07 Å². The molecule has 0 aliphatic rings. The van der Waals surface area contributed by atoms with Crippen LogP contribution in [0, 0.1) is 11.3 Å². The van der Waals surface area contributed by atoms with Crippen LogP contribution < -0.4 is 0 Å². The number of nitrogens with zero attached hydrogens (tertiary/aromatic N) is 2. The Hall–Kier alpha value is -2.65. The first-order chi connectivity index (χ1) is 11.8. The highest BCUT2D eigenvalue weighted by Crippen LogP contribution is 2.15. The normalized spacial score (nSPS) is 10.9. The summed E-state index contributed by atoms with van der Waals surface area (Å²) in [5, 5.41) is 8.85. The predicted molar refractivity (Wildman–Crippen MR) is 95.7 cm³/mol. The number of carbonyl (C=O) groups is 1. The number of carbonyl (C=O) groups excluding carboxylic acids is 1. The molecule has 2 aromatic carbocycles. The van der Waals surface area contributed by atoms with Crippen LogP contribution in [-0.2, 0) is 16.4 Å². The fraction of sp³-hybridized carbons (Fsp3) is 0.263. The molecule has 0 bridgehead atoms. The molecule has 0 saturated heterocycles. The Bertz CT molecular complexity index is 880. The number of nitriles is 1. The van der Waals surface area contributed by atoms with Gasteiger partial charge in [-0.2, -0.15) is 5.26 Å². The molecule has 5 nitrogen and oxygen atoms in total. The van der Waals surface area contributed by atoms with Crippen LogP contribution in [0.2, 0.25) is 0 Å². The highest BCUT2D eigenvalue weighted by Gasteiger charge is 2.16. The third-order valence-corrected chi connectivity index (χ3v) is 4.90. The zero-order valence-electron chi connectivity index (χ0n) is 14.3. The van der Waals surface area contributed by atoms with E-state index in [1.165, 1.54) is 12.1 Å². The van der Waals surface area contributed by atoms with Crippen molar-refractivity contribution >= 4 is 15.7 Å². The van der Waals surface area contributed by atoms with Crippen molar-refractivity contribution in [2.75, 3.05) is 12.8 Å². The SMILES string of the molecule is CCCN(Cc1ccc(C#N)cc1)C(=O)c1ccc(S(C)(=O)=O)cc1. The molecule has 0 heterocycles. The molecule has 0 N–H and O–H groups in total. The molecule has 1 amide bonds. The topological polar surface area (TPSA) is 78.2 Å². The van der Waals surface area contributed by atoms with E-state index < -0.39 is 9.84 Å². The van der Waals surface area contributed by atoms with Crippen LogP contribution in [0.3, 0.4) is 0 Å². The molecule has 0 atom stereocenters. The van der Waals surface area contributed by atoms with E-state index >= 15 is 0 Å². The average molecular weight is 356 g/mol. The summed E-state index contributed by atoms with van der Waals surface area (Å²) in [6.45, 7) is 3.02. The molecular formula is C19H20N2O3S. The van der Waals surface area contributed by atoms with E-state index in [-0.39, 0.29) is 10.8 Å². The largest absolute Gasteiger partial charge is 0.334 e. The second kappa shape index (κ2) is 7.95. The van der Waals surface area contributed by atoms with Gasteiger partial charge in [-0.15, -0.1) is 0 Å². The maximum absolute atomic E-state index is 12.7. The van der Waals surface area contributed by atoms with Crippen LogP contribution in [0.5, 0.6) is 0 Å². The minimum atomic E-state index is -3.28. The van der Waals surface area contributed by atoms with E-state index in [4.69, 9.17) is 5.26 Å². The van der Waals surface area contributed by atoms with Crippen LogP contribution in [-0.4, -0.2) is 32.0 Å². The van der Waals surface area contributed by atoms with Crippen molar-refractivity contribution in [3.05, 3.63) is 65.2 Å². The molecule has 25 heavy (non-hydrogen) atoms. The van der Waals surface area contributed by atoms with Crippen molar-refractivity contribution < 1.29 is 13.2 Å². The zero-order valence-corrected chi connectivity index (χ0v) is 15.1. The van der Waals surface area contributed by atoms with E-state index in [0.29, 0.717) is 24.2 Å². The number of amides is 1. The molecule has 2 aromatic rings. The lowest BCUT2D eigenvalue weighted by molar-refractivity contribution is 0.0743. The molecule has 0 radical (unpaired) electrons. The molecular weight excluding hydrogens is 336 g/mol. The molecule has 0 aromatic heterocycles. The van der Waals surface area contributed by atoms with Gasteiger partial charge in [0.15, 0.2) is 9.84 Å². The highest BCUT2D eigenvalue weighted by atomic mass is 32.2. The fourth-order valence-electron chi connectivity index (χ4n) is 2.45. The Morgan fingerprint density at radius 2 is 1.68 bits per heavy atom. The van der Waals surface area contributed by atoms with Gasteiger partial charge in [0.25, 0.3) is 5.91 Å². The van der Waals surface area contributed by atoms with Gasteiger partial charge < -0.3 is 4.90 Å². The van der Waals surface area contributed by atoms with Crippen molar-refractivity contribution in [2.24, 2.45) is 0 Å². The summed E-state index contributed by atoms with van der Waals surface area (Å²) in [5.74, 6) is -0.147. The number of hydrogen-bond acceptors (Lipinski definition) is 4. The summed E-state index contributed by atoms with van der Waals surface area (Å²) >= 11 is 0. The minimum absolute atomic E-state index is 0.147. The number of rotatable bonds is 6. The van der Waals surface area contributed by atoms with Crippen molar-refractivity contribution in [1.29, 1.82) is 5.26 Å². The van der Waals surface area contributed by atoms with Gasteiger partial charge in [0.2, 0.25) is 0 Å². The molecule has 130 valence electrons.